The van der Waals surface area contributed by atoms with Crippen LogP contribution < -0.4 is 0 Å². The molecule has 0 saturated carbocycles. The molecule has 0 aromatic carbocycles. The Kier molecular flexibility index (Phi) is 5.14. The van der Waals surface area contributed by atoms with E-state index in [2.05, 4.69) is 30.4 Å². The Labute approximate surface area is 138 Å². The van der Waals surface area contributed by atoms with Gasteiger partial charge in [0.2, 0.25) is 0 Å². The fraction of sp³-hybridized carbons (Fsp3) is 0.600. The summed E-state index contributed by atoms with van der Waals surface area (Å²) in [6, 6.07) is 2.03. The summed E-state index contributed by atoms with van der Waals surface area (Å²) >= 11 is 9.38. The van der Waals surface area contributed by atoms with Gasteiger partial charge in [0.25, 0.3) is 0 Å². The fourth-order valence-corrected chi connectivity index (χ4v) is 3.46. The molecule has 0 atom stereocenters. The molecule has 0 spiro atoms. The molecular formula is C15H20BrClN4. The number of aryl methyl sites for hydroxylation is 1. The Bertz CT molecular complexity index is 607. The highest BCUT2D eigenvalue weighted by Gasteiger charge is 2.14. The van der Waals surface area contributed by atoms with E-state index in [1.807, 2.05) is 12.3 Å². The van der Waals surface area contributed by atoms with Crippen molar-refractivity contribution >= 4 is 38.7 Å². The highest BCUT2D eigenvalue weighted by Crippen LogP contribution is 2.19. The topological polar surface area (TPSA) is 34.0 Å². The standard InChI is InChI=1S/C15H20BrClN4/c16-12-10-13-15(18-11-12)21(14(19-13)4-5-17)9-8-20-6-2-1-3-7-20/h10-11H,1-9H2. The molecule has 0 amide bonds. The Balaban J connectivity index is 1.82. The van der Waals surface area contributed by atoms with E-state index in [1.165, 1.54) is 32.4 Å². The summed E-state index contributed by atoms with van der Waals surface area (Å²) in [5.41, 5.74) is 1.92. The molecule has 3 rings (SSSR count). The third-order valence-corrected chi connectivity index (χ3v) is 4.66. The normalized spacial score (nSPS) is 16.7. The van der Waals surface area contributed by atoms with E-state index >= 15 is 0 Å². The lowest BCUT2D eigenvalue weighted by Crippen LogP contribution is -2.32. The number of fused-ring (bicyclic) bond motifs is 1. The monoisotopic (exact) mass is 370 g/mol. The number of alkyl halides is 1. The quantitative estimate of drug-likeness (QED) is 0.755. The molecule has 1 aliphatic rings. The first-order valence-electron chi connectivity index (χ1n) is 7.57. The molecule has 3 heterocycles. The minimum Gasteiger partial charge on any atom is -0.311 e. The minimum atomic E-state index is 0.591. The van der Waals surface area contributed by atoms with E-state index in [9.17, 15) is 0 Å². The van der Waals surface area contributed by atoms with Gasteiger partial charge in [0.1, 0.15) is 11.3 Å². The molecule has 21 heavy (non-hydrogen) atoms. The molecule has 4 nitrogen and oxygen atoms in total. The SMILES string of the molecule is ClCCc1nc2cc(Br)cnc2n1CCN1CCCCC1. The lowest BCUT2D eigenvalue weighted by atomic mass is 10.1. The van der Waals surface area contributed by atoms with E-state index in [1.54, 1.807) is 0 Å². The van der Waals surface area contributed by atoms with Crippen LogP contribution in [0.1, 0.15) is 25.1 Å². The number of piperidine rings is 1. The van der Waals surface area contributed by atoms with Crippen LogP contribution in [-0.4, -0.2) is 44.9 Å². The summed E-state index contributed by atoms with van der Waals surface area (Å²) in [5.74, 6) is 1.64. The predicted octanol–water partition coefficient (Wildman–Crippen LogP) is 3.46. The Morgan fingerprint density at radius 1 is 1.19 bits per heavy atom. The van der Waals surface area contributed by atoms with Crippen molar-refractivity contribution in [1.82, 2.24) is 19.4 Å². The lowest BCUT2D eigenvalue weighted by Gasteiger charge is -2.26. The van der Waals surface area contributed by atoms with Crippen LogP contribution in [0.25, 0.3) is 11.2 Å². The van der Waals surface area contributed by atoms with Crippen molar-refractivity contribution in [2.24, 2.45) is 0 Å². The number of likely N-dealkylation sites (tertiary alicyclic amines) is 1. The third-order valence-electron chi connectivity index (χ3n) is 4.04. The largest absolute Gasteiger partial charge is 0.311 e. The lowest BCUT2D eigenvalue weighted by molar-refractivity contribution is 0.221. The highest BCUT2D eigenvalue weighted by atomic mass is 79.9. The van der Waals surface area contributed by atoms with Gasteiger partial charge in [0.15, 0.2) is 5.65 Å². The van der Waals surface area contributed by atoms with Crippen molar-refractivity contribution in [2.75, 3.05) is 25.5 Å². The molecule has 0 bridgehead atoms. The second kappa shape index (κ2) is 7.07. The Morgan fingerprint density at radius 2 is 2.00 bits per heavy atom. The molecular weight excluding hydrogens is 352 g/mol. The predicted molar refractivity (Wildman–Crippen MR) is 89.9 cm³/mol. The van der Waals surface area contributed by atoms with Gasteiger partial charge in [-0.2, -0.15) is 0 Å². The van der Waals surface area contributed by atoms with E-state index < -0.39 is 0 Å². The summed E-state index contributed by atoms with van der Waals surface area (Å²) in [6.45, 7) is 4.45. The van der Waals surface area contributed by atoms with Crippen molar-refractivity contribution in [3.63, 3.8) is 0 Å². The molecule has 114 valence electrons. The van der Waals surface area contributed by atoms with Crippen molar-refractivity contribution in [3.05, 3.63) is 22.6 Å². The van der Waals surface area contributed by atoms with Gasteiger partial charge < -0.3 is 9.47 Å². The van der Waals surface area contributed by atoms with Gasteiger partial charge in [-0.3, -0.25) is 0 Å². The van der Waals surface area contributed by atoms with Crippen molar-refractivity contribution in [3.8, 4) is 0 Å². The number of hydrogen-bond acceptors (Lipinski definition) is 3. The zero-order valence-electron chi connectivity index (χ0n) is 12.1. The first-order chi connectivity index (χ1) is 10.3. The number of hydrogen-bond donors (Lipinski definition) is 0. The van der Waals surface area contributed by atoms with Crippen LogP contribution in [0.15, 0.2) is 16.7 Å². The van der Waals surface area contributed by atoms with E-state index in [0.717, 1.165) is 41.0 Å². The number of rotatable bonds is 5. The number of imidazole rings is 1. The van der Waals surface area contributed by atoms with Gasteiger partial charge in [-0.25, -0.2) is 9.97 Å². The maximum Gasteiger partial charge on any atom is 0.160 e. The number of nitrogens with zero attached hydrogens (tertiary/aromatic N) is 4. The van der Waals surface area contributed by atoms with Crippen molar-refractivity contribution in [2.45, 2.75) is 32.2 Å². The van der Waals surface area contributed by atoms with Crippen LogP contribution in [0, 0.1) is 0 Å². The minimum absolute atomic E-state index is 0.591. The van der Waals surface area contributed by atoms with E-state index in [-0.39, 0.29) is 0 Å². The van der Waals surface area contributed by atoms with Gasteiger partial charge in [-0.05, 0) is 47.9 Å². The molecule has 6 heteroatoms. The maximum atomic E-state index is 5.92. The van der Waals surface area contributed by atoms with Crippen LogP contribution in [0.3, 0.4) is 0 Å². The molecule has 0 N–H and O–H groups in total. The fourth-order valence-electron chi connectivity index (χ4n) is 2.97. The molecule has 1 aliphatic heterocycles. The molecule has 1 fully saturated rings. The molecule has 0 unspecified atom stereocenters. The number of halogens is 2. The summed E-state index contributed by atoms with van der Waals surface area (Å²) in [5, 5.41) is 0. The number of pyridine rings is 1. The van der Waals surface area contributed by atoms with Crippen molar-refractivity contribution < 1.29 is 0 Å². The first-order valence-corrected chi connectivity index (χ1v) is 8.89. The molecule has 1 saturated heterocycles. The van der Waals surface area contributed by atoms with Gasteiger partial charge in [0, 0.05) is 36.1 Å². The molecule has 2 aromatic heterocycles. The first kappa shape index (κ1) is 15.3. The van der Waals surface area contributed by atoms with E-state index in [0.29, 0.717) is 5.88 Å². The van der Waals surface area contributed by atoms with Crippen LogP contribution in [0.4, 0.5) is 0 Å². The molecule has 0 radical (unpaired) electrons. The van der Waals surface area contributed by atoms with Crippen molar-refractivity contribution in [1.29, 1.82) is 0 Å². The Hall–Kier alpha value is -0.650. The van der Waals surface area contributed by atoms with Gasteiger partial charge in [-0.15, -0.1) is 11.6 Å². The molecule has 2 aromatic rings. The maximum absolute atomic E-state index is 5.92. The number of aromatic nitrogens is 3. The zero-order chi connectivity index (χ0) is 14.7. The van der Waals surface area contributed by atoms with Crippen LogP contribution in [0.5, 0.6) is 0 Å². The van der Waals surface area contributed by atoms with Crippen LogP contribution >= 0.6 is 27.5 Å². The highest BCUT2D eigenvalue weighted by molar-refractivity contribution is 9.10. The average molecular weight is 372 g/mol. The smallest absolute Gasteiger partial charge is 0.160 e. The summed E-state index contributed by atoms with van der Waals surface area (Å²) in [6.07, 6.45) is 6.65. The second-order valence-corrected chi connectivity index (χ2v) is 6.81. The second-order valence-electron chi connectivity index (χ2n) is 5.52. The average Bonchev–Trinajstić information content (AvgIpc) is 2.83. The summed E-state index contributed by atoms with van der Waals surface area (Å²) < 4.78 is 3.20. The van der Waals surface area contributed by atoms with Crippen LogP contribution in [-0.2, 0) is 13.0 Å². The van der Waals surface area contributed by atoms with Crippen LogP contribution in [0.2, 0.25) is 0 Å². The third kappa shape index (κ3) is 3.58. The van der Waals surface area contributed by atoms with E-state index in [4.69, 9.17) is 16.6 Å². The summed E-state index contributed by atoms with van der Waals surface area (Å²) in [7, 11) is 0. The Morgan fingerprint density at radius 3 is 2.76 bits per heavy atom. The zero-order valence-corrected chi connectivity index (χ0v) is 14.4. The van der Waals surface area contributed by atoms with Gasteiger partial charge in [-0.1, -0.05) is 6.42 Å². The van der Waals surface area contributed by atoms with Gasteiger partial charge in [0.05, 0.1) is 0 Å². The summed E-state index contributed by atoms with van der Waals surface area (Å²) in [4.78, 5) is 11.8. The molecule has 0 aliphatic carbocycles. The van der Waals surface area contributed by atoms with Gasteiger partial charge >= 0.3 is 0 Å².